The van der Waals surface area contributed by atoms with E-state index in [-0.39, 0.29) is 5.91 Å². The van der Waals surface area contributed by atoms with E-state index in [4.69, 9.17) is 0 Å². The van der Waals surface area contributed by atoms with E-state index in [9.17, 15) is 4.79 Å². The molecule has 0 unspecified atom stereocenters. The Morgan fingerprint density at radius 1 is 1.00 bits per heavy atom. The lowest BCUT2D eigenvalue weighted by Crippen LogP contribution is -2.20. The van der Waals surface area contributed by atoms with Crippen LogP contribution < -0.4 is 5.43 Å². The van der Waals surface area contributed by atoms with Crippen LogP contribution in [-0.2, 0) is 0 Å². The number of H-pyrrole nitrogens is 1. The van der Waals surface area contributed by atoms with Crippen molar-refractivity contribution in [2.45, 2.75) is 6.92 Å². The fourth-order valence-corrected chi connectivity index (χ4v) is 3.05. The highest BCUT2D eigenvalue weighted by molar-refractivity contribution is 6.10. The van der Waals surface area contributed by atoms with Crippen molar-refractivity contribution in [1.82, 2.24) is 15.4 Å². The maximum absolute atomic E-state index is 12.9. The molecule has 0 saturated heterocycles. The minimum atomic E-state index is -0.284. The molecule has 0 spiro atoms. The molecular weight excluding hydrogens is 336 g/mol. The van der Waals surface area contributed by atoms with Crippen LogP contribution in [0.1, 0.15) is 23.0 Å². The fraction of sp³-hybridized carbons (Fsp3) is 0.0455. The van der Waals surface area contributed by atoms with Gasteiger partial charge in [0.1, 0.15) is 5.69 Å². The van der Waals surface area contributed by atoms with Gasteiger partial charge in [0.05, 0.1) is 5.71 Å². The van der Waals surface area contributed by atoms with Gasteiger partial charge in [0.15, 0.2) is 0 Å². The average molecular weight is 354 g/mol. The number of aromatic nitrogens is 2. The van der Waals surface area contributed by atoms with Crippen molar-refractivity contribution in [1.29, 1.82) is 0 Å². The van der Waals surface area contributed by atoms with Crippen LogP contribution >= 0.6 is 0 Å². The van der Waals surface area contributed by atoms with Gasteiger partial charge in [-0.3, -0.25) is 9.78 Å². The van der Waals surface area contributed by atoms with Crippen LogP contribution in [0, 0.1) is 0 Å². The van der Waals surface area contributed by atoms with Crippen molar-refractivity contribution in [3.05, 3.63) is 90.4 Å². The van der Waals surface area contributed by atoms with E-state index in [1.165, 1.54) is 0 Å². The largest absolute Gasteiger partial charge is 0.350 e. The van der Waals surface area contributed by atoms with Gasteiger partial charge < -0.3 is 4.98 Å². The fourth-order valence-electron chi connectivity index (χ4n) is 3.05. The number of hydrazone groups is 1. The number of aromatic amines is 1. The van der Waals surface area contributed by atoms with Gasteiger partial charge in [-0.2, -0.15) is 5.10 Å². The molecule has 5 nitrogen and oxygen atoms in total. The molecule has 0 aliphatic carbocycles. The Labute approximate surface area is 156 Å². The third-order valence-electron chi connectivity index (χ3n) is 4.40. The summed E-state index contributed by atoms with van der Waals surface area (Å²) < 4.78 is 0. The SMILES string of the molecule is C/C(=N\NC(=O)c1[nH]c2ccccc2c1-c1ccccc1)c1cccnc1. The van der Waals surface area contributed by atoms with Gasteiger partial charge in [0.2, 0.25) is 0 Å². The summed E-state index contributed by atoms with van der Waals surface area (Å²) in [6, 6.07) is 21.5. The van der Waals surface area contributed by atoms with Crippen LogP contribution in [0.4, 0.5) is 0 Å². The van der Waals surface area contributed by atoms with Gasteiger partial charge in [0, 0.05) is 34.4 Å². The molecule has 5 heteroatoms. The molecule has 4 aromatic rings. The Morgan fingerprint density at radius 3 is 2.56 bits per heavy atom. The number of amides is 1. The van der Waals surface area contributed by atoms with E-state index in [0.717, 1.165) is 27.6 Å². The van der Waals surface area contributed by atoms with Crippen LogP contribution in [0.15, 0.2) is 84.2 Å². The second-order valence-electron chi connectivity index (χ2n) is 6.17. The number of pyridine rings is 1. The first-order valence-electron chi connectivity index (χ1n) is 8.65. The minimum absolute atomic E-state index is 0.284. The zero-order chi connectivity index (χ0) is 18.6. The van der Waals surface area contributed by atoms with Crippen molar-refractivity contribution in [2.75, 3.05) is 0 Å². The number of fused-ring (bicyclic) bond motifs is 1. The van der Waals surface area contributed by atoms with Gasteiger partial charge in [-0.1, -0.05) is 54.6 Å². The van der Waals surface area contributed by atoms with Crippen molar-refractivity contribution >= 4 is 22.5 Å². The summed E-state index contributed by atoms with van der Waals surface area (Å²) in [4.78, 5) is 20.2. The van der Waals surface area contributed by atoms with Crippen molar-refractivity contribution < 1.29 is 4.79 Å². The lowest BCUT2D eigenvalue weighted by atomic mass is 10.0. The molecule has 2 aromatic heterocycles. The molecule has 0 radical (unpaired) electrons. The highest BCUT2D eigenvalue weighted by Gasteiger charge is 2.18. The molecular formula is C22H18N4O. The van der Waals surface area contributed by atoms with E-state index in [0.29, 0.717) is 11.4 Å². The molecule has 2 heterocycles. The van der Waals surface area contributed by atoms with E-state index >= 15 is 0 Å². The van der Waals surface area contributed by atoms with Crippen LogP contribution in [0.3, 0.4) is 0 Å². The van der Waals surface area contributed by atoms with Crippen molar-refractivity contribution in [2.24, 2.45) is 5.10 Å². The molecule has 1 amide bonds. The predicted octanol–water partition coefficient (Wildman–Crippen LogP) is 4.38. The molecule has 2 N–H and O–H groups in total. The Kier molecular flexibility index (Phi) is 4.49. The second-order valence-corrected chi connectivity index (χ2v) is 6.17. The summed E-state index contributed by atoms with van der Waals surface area (Å²) in [5.74, 6) is -0.284. The van der Waals surface area contributed by atoms with Crippen LogP contribution in [-0.4, -0.2) is 21.6 Å². The van der Waals surface area contributed by atoms with E-state index in [1.807, 2.05) is 73.7 Å². The van der Waals surface area contributed by atoms with Gasteiger partial charge in [-0.15, -0.1) is 0 Å². The van der Waals surface area contributed by atoms with Crippen molar-refractivity contribution in [3.63, 3.8) is 0 Å². The Balaban J connectivity index is 1.72. The normalized spacial score (nSPS) is 11.5. The van der Waals surface area contributed by atoms with Crippen LogP contribution in [0.2, 0.25) is 0 Å². The predicted molar refractivity (Wildman–Crippen MR) is 108 cm³/mol. The van der Waals surface area contributed by atoms with Gasteiger partial charge in [-0.25, -0.2) is 5.43 Å². The Hall–Kier alpha value is -3.73. The molecule has 0 fully saturated rings. The zero-order valence-electron chi connectivity index (χ0n) is 14.8. The third kappa shape index (κ3) is 3.35. The first kappa shape index (κ1) is 16.7. The number of carbonyl (C=O) groups excluding carboxylic acids is 1. The standard InChI is InChI=1S/C22H18N4O/c1-15(17-10-7-13-23-14-17)25-26-22(27)21-20(16-8-3-2-4-9-16)18-11-5-6-12-19(18)24-21/h2-14,24H,1H3,(H,26,27)/b25-15+. The number of hydrogen-bond donors (Lipinski definition) is 2. The molecule has 0 saturated carbocycles. The lowest BCUT2D eigenvalue weighted by Gasteiger charge is -2.05. The second kappa shape index (κ2) is 7.25. The molecule has 0 bridgehead atoms. The number of benzene rings is 2. The van der Waals surface area contributed by atoms with Crippen LogP contribution in [0.5, 0.6) is 0 Å². The summed E-state index contributed by atoms with van der Waals surface area (Å²) in [6.45, 7) is 1.83. The molecule has 0 atom stereocenters. The number of nitrogens with zero attached hydrogens (tertiary/aromatic N) is 2. The summed E-state index contributed by atoms with van der Waals surface area (Å²) >= 11 is 0. The summed E-state index contributed by atoms with van der Waals surface area (Å²) in [5.41, 5.74) is 7.46. The maximum atomic E-state index is 12.9. The first-order valence-corrected chi connectivity index (χ1v) is 8.65. The lowest BCUT2D eigenvalue weighted by molar-refractivity contribution is 0.0951. The Bertz CT molecular complexity index is 1110. The number of hydrogen-bond acceptors (Lipinski definition) is 3. The van der Waals surface area contributed by atoms with Gasteiger partial charge in [-0.05, 0) is 24.6 Å². The van der Waals surface area contributed by atoms with Gasteiger partial charge in [0.25, 0.3) is 5.91 Å². The smallest absolute Gasteiger partial charge is 0.288 e. The van der Waals surface area contributed by atoms with Crippen LogP contribution in [0.25, 0.3) is 22.0 Å². The number of rotatable bonds is 4. The summed E-state index contributed by atoms with van der Waals surface area (Å²) in [6.07, 6.45) is 3.41. The van der Waals surface area contributed by atoms with E-state index in [2.05, 4.69) is 20.5 Å². The number of nitrogens with one attached hydrogen (secondary N) is 2. The van der Waals surface area contributed by atoms with Gasteiger partial charge >= 0.3 is 0 Å². The van der Waals surface area contributed by atoms with E-state index < -0.39 is 0 Å². The first-order chi connectivity index (χ1) is 13.2. The summed E-state index contributed by atoms with van der Waals surface area (Å²) in [7, 11) is 0. The molecule has 132 valence electrons. The zero-order valence-corrected chi connectivity index (χ0v) is 14.8. The summed E-state index contributed by atoms with van der Waals surface area (Å²) in [5, 5.41) is 5.23. The molecule has 2 aromatic carbocycles. The molecule has 4 rings (SSSR count). The molecule has 0 aliphatic rings. The monoisotopic (exact) mass is 354 g/mol. The quantitative estimate of drug-likeness (QED) is 0.422. The van der Waals surface area contributed by atoms with E-state index in [1.54, 1.807) is 12.4 Å². The maximum Gasteiger partial charge on any atom is 0.288 e. The number of para-hydroxylation sites is 1. The average Bonchev–Trinajstić information content (AvgIpc) is 3.12. The molecule has 27 heavy (non-hydrogen) atoms. The highest BCUT2D eigenvalue weighted by Crippen LogP contribution is 2.32. The third-order valence-corrected chi connectivity index (χ3v) is 4.40. The minimum Gasteiger partial charge on any atom is -0.350 e. The number of carbonyl (C=O) groups is 1. The highest BCUT2D eigenvalue weighted by atomic mass is 16.2. The molecule has 0 aliphatic heterocycles. The van der Waals surface area contributed by atoms with Crippen molar-refractivity contribution in [3.8, 4) is 11.1 Å². The topological polar surface area (TPSA) is 70.1 Å². The Morgan fingerprint density at radius 2 is 1.78 bits per heavy atom.